The molecule has 4 heterocycles. The lowest BCUT2D eigenvalue weighted by Crippen LogP contribution is -2.56. The first kappa shape index (κ1) is 34.5. The fourth-order valence-corrected chi connectivity index (χ4v) is 6.67. The largest absolute Gasteiger partial charge is 0.442 e. The quantitative estimate of drug-likeness (QED) is 0.201. The van der Waals surface area contributed by atoms with Gasteiger partial charge in [-0.1, -0.05) is 30.7 Å². The van der Waals surface area contributed by atoms with Gasteiger partial charge in [0.2, 0.25) is 0 Å². The van der Waals surface area contributed by atoms with Gasteiger partial charge in [0.15, 0.2) is 5.78 Å². The number of amides is 1. The van der Waals surface area contributed by atoms with Gasteiger partial charge in [-0.15, -0.1) is 0 Å². The normalized spacial score (nSPS) is 38.4. The van der Waals surface area contributed by atoms with Crippen LogP contribution in [0.15, 0.2) is 36.0 Å². The van der Waals surface area contributed by atoms with E-state index in [2.05, 4.69) is 13.0 Å². The minimum atomic E-state index is -0.780. The predicted molar refractivity (Wildman–Crippen MR) is 164 cm³/mol. The molecule has 1 amide bonds. The SMILES string of the molecule is CC(=O)[C@H]1CCN(C(=O)O[C@@H](C)/C=C\C(=O)C[C@@H]2C[C@H](C)[C@H](C/C=C(C)/C=C/C3O[C@](C)(CO)C[C@@]4(CO4)[C@@H]3O)O[C@@H]2C)C1. The average Bonchev–Trinajstić information content (AvgIpc) is 3.54. The molecule has 1 unspecified atom stereocenters. The number of nitrogens with zero attached hydrogens (tertiary/aromatic N) is 1. The number of Topliss-reactive ketones (excluding diaryl/α,β-unsaturated/α-hetero) is 1. The fourth-order valence-electron chi connectivity index (χ4n) is 6.67. The highest BCUT2D eigenvalue weighted by Crippen LogP contribution is 2.46. The Balaban J connectivity index is 1.21. The maximum Gasteiger partial charge on any atom is 0.410 e. The van der Waals surface area contributed by atoms with E-state index >= 15 is 0 Å². The molecule has 0 aromatic rings. The number of aliphatic hydroxyl groups is 2. The minimum Gasteiger partial charge on any atom is -0.442 e. The Hall–Kier alpha value is -2.37. The summed E-state index contributed by atoms with van der Waals surface area (Å²) >= 11 is 0. The number of ether oxygens (including phenoxy) is 4. The Morgan fingerprint density at radius 3 is 2.55 bits per heavy atom. The van der Waals surface area contributed by atoms with Crippen molar-refractivity contribution >= 4 is 17.7 Å². The Labute approximate surface area is 261 Å². The molecule has 1 spiro atoms. The summed E-state index contributed by atoms with van der Waals surface area (Å²) in [7, 11) is 0. The van der Waals surface area contributed by atoms with Crippen molar-refractivity contribution in [2.75, 3.05) is 26.3 Å². The number of aliphatic hydroxyl groups excluding tert-OH is 2. The van der Waals surface area contributed by atoms with E-state index in [4.69, 9.17) is 18.9 Å². The monoisotopic (exact) mass is 617 g/mol. The van der Waals surface area contributed by atoms with E-state index in [1.807, 2.05) is 32.9 Å². The van der Waals surface area contributed by atoms with E-state index in [1.165, 1.54) is 6.08 Å². The predicted octanol–water partition coefficient (Wildman–Crippen LogP) is 3.93. The first-order valence-electron chi connectivity index (χ1n) is 16.0. The number of epoxide rings is 1. The van der Waals surface area contributed by atoms with Gasteiger partial charge in [0.25, 0.3) is 0 Å². The van der Waals surface area contributed by atoms with Gasteiger partial charge in [-0.25, -0.2) is 4.79 Å². The maximum absolute atomic E-state index is 12.8. The van der Waals surface area contributed by atoms with E-state index in [0.717, 1.165) is 18.4 Å². The molecule has 4 aliphatic rings. The van der Waals surface area contributed by atoms with Crippen molar-refractivity contribution in [3.05, 3.63) is 36.0 Å². The second-order valence-corrected chi connectivity index (χ2v) is 13.7. The highest BCUT2D eigenvalue weighted by molar-refractivity contribution is 5.90. The van der Waals surface area contributed by atoms with Crippen LogP contribution in [0.5, 0.6) is 0 Å². The van der Waals surface area contributed by atoms with Crippen molar-refractivity contribution in [1.29, 1.82) is 0 Å². The van der Waals surface area contributed by atoms with Crippen molar-refractivity contribution in [2.24, 2.45) is 17.8 Å². The van der Waals surface area contributed by atoms with E-state index in [0.29, 0.717) is 39.0 Å². The van der Waals surface area contributed by atoms with Crippen LogP contribution in [0.2, 0.25) is 0 Å². The van der Waals surface area contributed by atoms with Crippen LogP contribution >= 0.6 is 0 Å². The highest BCUT2D eigenvalue weighted by atomic mass is 16.6. The number of carbonyl (C=O) groups excluding carboxylic acids is 3. The molecule has 0 aromatic carbocycles. The van der Waals surface area contributed by atoms with Crippen LogP contribution in [0, 0.1) is 17.8 Å². The van der Waals surface area contributed by atoms with E-state index in [1.54, 1.807) is 24.8 Å². The molecule has 4 fully saturated rings. The molecular formula is C34H51NO9. The van der Waals surface area contributed by atoms with Crippen molar-refractivity contribution in [2.45, 2.75) is 115 Å². The molecule has 4 rings (SSSR count). The molecule has 10 atom stereocenters. The first-order valence-corrected chi connectivity index (χ1v) is 16.0. The molecule has 2 N–H and O–H groups in total. The number of carbonyl (C=O) groups is 3. The summed E-state index contributed by atoms with van der Waals surface area (Å²) in [6, 6.07) is 0. The average molecular weight is 618 g/mol. The third-order valence-corrected chi connectivity index (χ3v) is 9.70. The lowest BCUT2D eigenvalue weighted by atomic mass is 9.81. The Bertz CT molecular complexity index is 1140. The Morgan fingerprint density at radius 1 is 1.18 bits per heavy atom. The number of hydrogen-bond donors (Lipinski definition) is 2. The van der Waals surface area contributed by atoms with Crippen molar-refractivity contribution < 1.29 is 43.5 Å². The van der Waals surface area contributed by atoms with Gasteiger partial charge >= 0.3 is 6.09 Å². The van der Waals surface area contributed by atoms with Crippen LogP contribution in [0.4, 0.5) is 4.79 Å². The summed E-state index contributed by atoms with van der Waals surface area (Å²) in [6.45, 7) is 12.5. The zero-order chi connectivity index (χ0) is 32.2. The number of likely N-dealkylation sites (tertiary alicyclic amines) is 1. The van der Waals surface area contributed by atoms with Crippen molar-refractivity contribution in [3.8, 4) is 0 Å². The van der Waals surface area contributed by atoms with E-state index in [9.17, 15) is 24.6 Å². The van der Waals surface area contributed by atoms with Crippen molar-refractivity contribution in [3.63, 3.8) is 0 Å². The molecule has 44 heavy (non-hydrogen) atoms. The fraction of sp³-hybridized carbons (Fsp3) is 0.735. The third-order valence-electron chi connectivity index (χ3n) is 9.70. The van der Waals surface area contributed by atoms with Crippen LogP contribution in [-0.4, -0.2) is 101 Å². The molecule has 10 heteroatoms. The molecular weight excluding hydrogens is 566 g/mol. The lowest BCUT2D eigenvalue weighted by molar-refractivity contribution is -0.192. The summed E-state index contributed by atoms with van der Waals surface area (Å²) in [6.07, 6.45) is 9.68. The van der Waals surface area contributed by atoms with Gasteiger partial charge in [-0.2, -0.15) is 0 Å². The van der Waals surface area contributed by atoms with Crippen LogP contribution in [0.25, 0.3) is 0 Å². The van der Waals surface area contributed by atoms with Gasteiger partial charge in [0.05, 0.1) is 31.0 Å². The number of allylic oxidation sites excluding steroid dienone is 3. The second-order valence-electron chi connectivity index (χ2n) is 13.7. The lowest BCUT2D eigenvalue weighted by Gasteiger charge is -2.42. The van der Waals surface area contributed by atoms with Crippen LogP contribution in [0.1, 0.15) is 73.6 Å². The van der Waals surface area contributed by atoms with Gasteiger partial charge in [0.1, 0.15) is 29.7 Å². The third kappa shape index (κ3) is 8.66. The van der Waals surface area contributed by atoms with Gasteiger partial charge in [0, 0.05) is 31.8 Å². The maximum atomic E-state index is 12.8. The zero-order valence-electron chi connectivity index (χ0n) is 27.1. The van der Waals surface area contributed by atoms with Gasteiger partial charge in [-0.3, -0.25) is 9.59 Å². The van der Waals surface area contributed by atoms with Gasteiger partial charge in [-0.05, 0) is 77.9 Å². The summed E-state index contributed by atoms with van der Waals surface area (Å²) in [5, 5.41) is 20.6. The molecule has 0 aromatic heterocycles. The molecule has 0 saturated carbocycles. The Morgan fingerprint density at radius 2 is 1.91 bits per heavy atom. The minimum absolute atomic E-state index is 0.0273. The summed E-state index contributed by atoms with van der Waals surface area (Å²) in [4.78, 5) is 38.3. The van der Waals surface area contributed by atoms with Crippen molar-refractivity contribution in [1.82, 2.24) is 4.90 Å². The Kier molecular flexibility index (Phi) is 11.3. The molecule has 246 valence electrons. The second kappa shape index (κ2) is 14.4. The number of rotatable bonds is 11. The molecule has 4 saturated heterocycles. The topological polar surface area (TPSA) is 135 Å². The smallest absolute Gasteiger partial charge is 0.410 e. The number of ketones is 2. The van der Waals surface area contributed by atoms with Crippen LogP contribution in [-0.2, 0) is 28.5 Å². The van der Waals surface area contributed by atoms with Crippen LogP contribution < -0.4 is 0 Å². The standard InChI is InChI=1S/C34H51NO9/c1-21(8-12-30-31(39)34(20-41-34)18-33(6,19-36)44-30)7-11-29-22(2)15-27(25(5)43-29)16-28(38)10-9-23(3)42-32(40)35-14-13-26(17-35)24(4)37/h7-10,12,22-23,25-27,29-31,36,39H,11,13-20H2,1-6H3/b10-9-,12-8+,21-7+/t22-,23-,25+,26-,27-,29-,30?,31+,33-,34+/m0/s1. The first-order chi connectivity index (χ1) is 20.7. The zero-order valence-corrected chi connectivity index (χ0v) is 27.1. The van der Waals surface area contributed by atoms with Crippen LogP contribution in [0.3, 0.4) is 0 Å². The van der Waals surface area contributed by atoms with E-state index < -0.39 is 35.6 Å². The molecule has 0 aliphatic carbocycles. The molecule has 0 radical (unpaired) electrons. The highest BCUT2D eigenvalue weighted by Gasteiger charge is 2.61. The molecule has 0 bridgehead atoms. The van der Waals surface area contributed by atoms with Gasteiger partial charge < -0.3 is 34.1 Å². The summed E-state index contributed by atoms with van der Waals surface area (Å²) in [5.41, 5.74) is -0.358. The molecule has 10 nitrogen and oxygen atoms in total. The van der Waals surface area contributed by atoms with E-state index in [-0.39, 0.29) is 48.1 Å². The summed E-state index contributed by atoms with van der Waals surface area (Å²) in [5.74, 6) is 0.292. The number of hydrogen-bond acceptors (Lipinski definition) is 9. The summed E-state index contributed by atoms with van der Waals surface area (Å²) < 4.78 is 23.4. The molecule has 4 aliphatic heterocycles.